The van der Waals surface area contributed by atoms with Gasteiger partial charge in [-0.25, -0.2) is 13.2 Å². The lowest BCUT2D eigenvalue weighted by Crippen LogP contribution is -2.51. The van der Waals surface area contributed by atoms with E-state index in [1.54, 1.807) is 58.3 Å². The van der Waals surface area contributed by atoms with Crippen LogP contribution in [0, 0.1) is 0 Å². The van der Waals surface area contributed by atoms with E-state index in [9.17, 15) is 22.8 Å². The van der Waals surface area contributed by atoms with Crippen LogP contribution in [0.25, 0.3) is 10.8 Å². The van der Waals surface area contributed by atoms with Crippen molar-refractivity contribution in [3.05, 3.63) is 106 Å². The molecule has 0 spiro atoms. The molecule has 0 saturated carbocycles. The van der Waals surface area contributed by atoms with Crippen LogP contribution in [0.3, 0.4) is 0 Å². The number of nitrogens with zero attached hydrogens (tertiary/aromatic N) is 2. The summed E-state index contributed by atoms with van der Waals surface area (Å²) in [6.07, 6.45) is 0.0661. The summed E-state index contributed by atoms with van der Waals surface area (Å²) in [6, 6.07) is 21.5. The molecule has 5 rings (SSSR count). The van der Waals surface area contributed by atoms with Gasteiger partial charge in [-0.05, 0) is 68.5 Å². The fraction of sp³-hybridized carbons (Fsp3) is 0.286. The number of rotatable bonds is 8. The van der Waals surface area contributed by atoms with Crippen molar-refractivity contribution < 1.29 is 27.5 Å². The summed E-state index contributed by atoms with van der Waals surface area (Å²) in [5, 5.41) is 1.52. The van der Waals surface area contributed by atoms with Crippen LogP contribution in [0.1, 0.15) is 53.5 Å². The Balaban J connectivity index is 1.29. The molecule has 2 amide bonds. The monoisotopic (exact) mass is 695 g/mol. The minimum absolute atomic E-state index is 0.0858. The molecular weight excluding hydrogens is 661 g/mol. The number of fused-ring (bicyclic) bond motifs is 1. The van der Waals surface area contributed by atoms with E-state index >= 15 is 0 Å². The van der Waals surface area contributed by atoms with Crippen LogP contribution in [0.15, 0.2) is 83.8 Å². The summed E-state index contributed by atoms with van der Waals surface area (Å²) < 4.78 is 34.4. The summed E-state index contributed by atoms with van der Waals surface area (Å²) in [6.45, 7) is 6.93. The highest BCUT2D eigenvalue weighted by Crippen LogP contribution is 2.31. The van der Waals surface area contributed by atoms with Crippen molar-refractivity contribution >= 4 is 67.5 Å². The summed E-state index contributed by atoms with van der Waals surface area (Å²) in [5.41, 5.74) is 1.41. The van der Waals surface area contributed by atoms with Crippen LogP contribution in [0.2, 0.25) is 10.0 Å². The van der Waals surface area contributed by atoms with Gasteiger partial charge in [-0.15, -0.1) is 0 Å². The lowest BCUT2D eigenvalue weighted by molar-refractivity contribution is 0.0140. The van der Waals surface area contributed by atoms with Crippen molar-refractivity contribution in [3.63, 3.8) is 0 Å². The van der Waals surface area contributed by atoms with Gasteiger partial charge in [0.15, 0.2) is 5.78 Å². The molecule has 0 unspecified atom stereocenters. The largest absolute Gasteiger partial charge is 0.444 e. The van der Waals surface area contributed by atoms with Crippen LogP contribution in [0.5, 0.6) is 0 Å². The molecule has 0 aromatic heterocycles. The number of Topliss-reactive ketones (excluding diaryl/α,β-unsaturated/α-hetero) is 1. The third-order valence-electron chi connectivity index (χ3n) is 7.70. The molecule has 4 aromatic carbocycles. The topological polar surface area (TPSA) is 113 Å². The average Bonchev–Trinajstić information content (AvgIpc) is 3.02. The SMILES string of the molecule is CC(C)(C)OC(=O)N1CCN(C(=O)c2ccccc2CCC(=O)c2cccc3c(NS(=O)(=O)c4cc(Cl)cc(Cl)c4)cccc23)CC1. The van der Waals surface area contributed by atoms with Gasteiger partial charge < -0.3 is 14.5 Å². The van der Waals surface area contributed by atoms with Gasteiger partial charge in [0.2, 0.25) is 0 Å². The van der Waals surface area contributed by atoms with Gasteiger partial charge in [0.25, 0.3) is 15.9 Å². The molecule has 246 valence electrons. The molecule has 1 aliphatic heterocycles. The third kappa shape index (κ3) is 8.25. The van der Waals surface area contributed by atoms with Crippen LogP contribution < -0.4 is 4.72 Å². The molecular formula is C35H35Cl2N3O6S. The highest BCUT2D eigenvalue weighted by atomic mass is 35.5. The Labute approximate surface area is 284 Å². The summed E-state index contributed by atoms with van der Waals surface area (Å²) in [7, 11) is -4.03. The number of nitrogens with one attached hydrogen (secondary N) is 1. The van der Waals surface area contributed by atoms with Gasteiger partial charge in [-0.3, -0.25) is 14.3 Å². The van der Waals surface area contributed by atoms with E-state index in [2.05, 4.69) is 4.72 Å². The Hall–Kier alpha value is -4.12. The fourth-order valence-corrected chi connectivity index (χ4v) is 7.25. The van der Waals surface area contributed by atoms with Gasteiger partial charge >= 0.3 is 6.09 Å². The van der Waals surface area contributed by atoms with E-state index in [0.29, 0.717) is 60.2 Å². The Morgan fingerprint density at radius 3 is 2.06 bits per heavy atom. The van der Waals surface area contributed by atoms with Crippen LogP contribution >= 0.6 is 23.2 Å². The highest BCUT2D eigenvalue weighted by Gasteiger charge is 2.29. The minimum Gasteiger partial charge on any atom is -0.444 e. The number of carbonyl (C=O) groups is 3. The second-order valence-corrected chi connectivity index (χ2v) is 14.8. The maximum atomic E-state index is 13.6. The van der Waals surface area contributed by atoms with Crippen molar-refractivity contribution in [1.82, 2.24) is 9.80 Å². The van der Waals surface area contributed by atoms with Crippen molar-refractivity contribution in [1.29, 1.82) is 0 Å². The number of anilines is 1. The van der Waals surface area contributed by atoms with Crippen LogP contribution in [-0.4, -0.2) is 67.8 Å². The van der Waals surface area contributed by atoms with Crippen molar-refractivity contribution in [3.8, 4) is 0 Å². The molecule has 1 aliphatic rings. The van der Waals surface area contributed by atoms with Gasteiger partial charge in [-0.2, -0.15) is 0 Å². The Kier molecular flexibility index (Phi) is 10.1. The number of carbonyl (C=O) groups excluding carboxylic acids is 3. The number of sulfonamides is 1. The van der Waals surface area contributed by atoms with E-state index < -0.39 is 21.7 Å². The van der Waals surface area contributed by atoms with Crippen molar-refractivity contribution in [2.24, 2.45) is 0 Å². The molecule has 4 aromatic rings. The zero-order valence-corrected chi connectivity index (χ0v) is 28.6. The maximum Gasteiger partial charge on any atom is 0.410 e. The lowest BCUT2D eigenvalue weighted by Gasteiger charge is -2.35. The number of hydrogen-bond donors (Lipinski definition) is 1. The maximum absolute atomic E-state index is 13.6. The highest BCUT2D eigenvalue weighted by molar-refractivity contribution is 7.92. The van der Waals surface area contributed by atoms with Crippen molar-refractivity contribution in [2.45, 2.75) is 44.1 Å². The summed E-state index contributed by atoms with van der Waals surface area (Å²) in [4.78, 5) is 42.8. The fourth-order valence-electron chi connectivity index (χ4n) is 5.45. The van der Waals surface area contributed by atoms with Gasteiger partial charge in [0.1, 0.15) is 5.60 Å². The molecule has 0 radical (unpaired) electrons. The normalized spacial score (nSPS) is 13.8. The zero-order valence-electron chi connectivity index (χ0n) is 26.3. The first-order valence-corrected chi connectivity index (χ1v) is 17.3. The number of piperazine rings is 1. The number of hydrogen-bond acceptors (Lipinski definition) is 6. The second kappa shape index (κ2) is 13.9. The molecule has 0 aliphatic carbocycles. The van der Waals surface area contributed by atoms with E-state index in [-0.39, 0.29) is 33.1 Å². The molecule has 1 saturated heterocycles. The predicted octanol–water partition coefficient (Wildman–Crippen LogP) is 7.46. The molecule has 1 fully saturated rings. The molecule has 0 bridgehead atoms. The van der Waals surface area contributed by atoms with E-state index in [1.807, 2.05) is 32.9 Å². The first-order valence-electron chi connectivity index (χ1n) is 15.1. The van der Waals surface area contributed by atoms with Gasteiger partial charge in [0.05, 0.1) is 10.6 Å². The van der Waals surface area contributed by atoms with Gasteiger partial charge in [0, 0.05) is 59.2 Å². The molecule has 12 heteroatoms. The lowest BCUT2D eigenvalue weighted by atomic mass is 9.95. The predicted molar refractivity (Wildman–Crippen MR) is 184 cm³/mol. The third-order valence-corrected chi connectivity index (χ3v) is 9.48. The number of ketones is 1. The van der Waals surface area contributed by atoms with Crippen LogP contribution in [-0.2, 0) is 21.2 Å². The number of benzene rings is 4. The molecule has 47 heavy (non-hydrogen) atoms. The molecule has 9 nitrogen and oxygen atoms in total. The summed E-state index contributed by atoms with van der Waals surface area (Å²) >= 11 is 12.1. The Morgan fingerprint density at radius 1 is 0.787 bits per heavy atom. The zero-order chi connectivity index (χ0) is 33.9. The quantitative estimate of drug-likeness (QED) is 0.192. The molecule has 1 N–H and O–H groups in total. The number of aryl methyl sites for hydroxylation is 1. The smallest absolute Gasteiger partial charge is 0.410 e. The first-order chi connectivity index (χ1) is 22.2. The van der Waals surface area contributed by atoms with Gasteiger partial charge in [-0.1, -0.05) is 71.7 Å². The van der Waals surface area contributed by atoms with E-state index in [4.69, 9.17) is 27.9 Å². The Morgan fingerprint density at radius 2 is 1.38 bits per heavy atom. The standard InChI is InChI=1S/C35H35Cl2N3O6S/c1-35(2,3)46-34(43)40-18-16-39(17-19-40)33(42)27-9-5-4-8-23(27)14-15-32(41)30-12-6-11-29-28(30)10-7-13-31(29)38-47(44,45)26-21-24(36)20-25(37)22-26/h4-13,20-22,38H,14-19H2,1-3H3. The Bertz CT molecular complexity index is 1930. The first kappa shape index (κ1) is 34.2. The molecule has 1 heterocycles. The number of halogens is 2. The van der Waals surface area contributed by atoms with E-state index in [0.717, 1.165) is 5.56 Å². The van der Waals surface area contributed by atoms with E-state index in [1.165, 1.54) is 18.2 Å². The summed E-state index contributed by atoms with van der Waals surface area (Å²) in [5.74, 6) is -0.301. The van der Waals surface area contributed by atoms with Crippen LogP contribution in [0.4, 0.5) is 10.5 Å². The second-order valence-electron chi connectivity index (χ2n) is 12.3. The van der Waals surface area contributed by atoms with Crippen molar-refractivity contribution in [2.75, 3.05) is 30.9 Å². The minimum atomic E-state index is -4.03. The average molecular weight is 697 g/mol. The molecule has 0 atom stereocenters. The number of amides is 2. The number of ether oxygens (including phenoxy) is 1.